The third-order valence-electron chi connectivity index (χ3n) is 3.16. The monoisotopic (exact) mass is 240 g/mol. The van der Waals surface area contributed by atoms with Crippen LogP contribution in [0, 0.1) is 0 Å². The third kappa shape index (κ3) is 1.38. The summed E-state index contributed by atoms with van der Waals surface area (Å²) >= 11 is 0. The molecule has 18 heavy (non-hydrogen) atoms. The Balaban J connectivity index is 2.38. The fourth-order valence-electron chi connectivity index (χ4n) is 2.25. The molecule has 2 aromatic heterocycles. The Labute approximate surface area is 103 Å². The van der Waals surface area contributed by atoms with Crippen LogP contribution in [0.1, 0.15) is 10.5 Å². The van der Waals surface area contributed by atoms with Gasteiger partial charge in [-0.25, -0.2) is 5.84 Å². The molecule has 0 aliphatic carbocycles. The largest absolute Gasteiger partial charge is 0.343 e. The summed E-state index contributed by atoms with van der Waals surface area (Å²) in [6, 6.07) is 9.81. The first kappa shape index (κ1) is 10.7. The Kier molecular flexibility index (Phi) is 2.28. The number of nitrogen functional groups attached to an aromatic ring is 1. The summed E-state index contributed by atoms with van der Waals surface area (Å²) < 4.78 is 2.04. The number of para-hydroxylation sites is 1. The molecular formula is C13H12N4O. The van der Waals surface area contributed by atoms with Gasteiger partial charge in [-0.2, -0.15) is 0 Å². The summed E-state index contributed by atoms with van der Waals surface area (Å²) in [5.74, 6) is 4.73. The molecule has 0 fully saturated rings. The van der Waals surface area contributed by atoms with E-state index in [4.69, 9.17) is 5.84 Å². The molecule has 5 nitrogen and oxygen atoms in total. The predicted octanol–water partition coefficient (Wildman–Crippen LogP) is 1.33. The molecule has 0 atom stereocenters. The highest BCUT2D eigenvalue weighted by atomic mass is 16.2. The van der Waals surface area contributed by atoms with Gasteiger partial charge in [0.1, 0.15) is 5.69 Å². The van der Waals surface area contributed by atoms with E-state index < -0.39 is 0 Å². The molecule has 90 valence electrons. The first-order valence-electron chi connectivity index (χ1n) is 5.56. The highest BCUT2D eigenvalue weighted by molar-refractivity contribution is 6.09. The van der Waals surface area contributed by atoms with Crippen molar-refractivity contribution in [1.82, 2.24) is 15.0 Å². The van der Waals surface area contributed by atoms with Crippen LogP contribution in [-0.2, 0) is 7.05 Å². The number of nitrogens with two attached hydrogens (primary N) is 1. The molecular weight excluding hydrogens is 228 g/mol. The molecule has 0 spiro atoms. The van der Waals surface area contributed by atoms with Crippen molar-refractivity contribution in [3.8, 4) is 0 Å². The lowest BCUT2D eigenvalue weighted by Crippen LogP contribution is -2.30. The van der Waals surface area contributed by atoms with Gasteiger partial charge in [0.25, 0.3) is 5.91 Å². The van der Waals surface area contributed by atoms with Crippen LogP contribution in [0.3, 0.4) is 0 Å². The smallest absolute Gasteiger partial charge is 0.283 e. The molecule has 3 rings (SSSR count). The average molecular weight is 240 g/mol. The van der Waals surface area contributed by atoms with Crippen molar-refractivity contribution in [2.24, 2.45) is 12.9 Å². The zero-order valence-corrected chi connectivity index (χ0v) is 9.84. The van der Waals surface area contributed by atoms with Gasteiger partial charge in [0.2, 0.25) is 0 Å². The Morgan fingerprint density at radius 1 is 1.28 bits per heavy atom. The number of nitrogens with zero attached hydrogens (tertiary/aromatic N) is 2. The van der Waals surface area contributed by atoms with E-state index in [1.807, 2.05) is 35.9 Å². The number of hydrogen-bond donors (Lipinski definition) is 2. The normalized spacial score (nSPS) is 11.0. The van der Waals surface area contributed by atoms with Crippen LogP contribution in [0.2, 0.25) is 0 Å². The molecule has 0 saturated carbocycles. The van der Waals surface area contributed by atoms with Crippen molar-refractivity contribution in [3.05, 3.63) is 42.2 Å². The summed E-state index contributed by atoms with van der Waals surface area (Å²) in [5.41, 5.74) is 4.48. The molecule has 0 unspecified atom stereocenters. The lowest BCUT2D eigenvalue weighted by molar-refractivity contribution is 0.0949. The van der Waals surface area contributed by atoms with Gasteiger partial charge in [-0.1, -0.05) is 18.2 Å². The fourth-order valence-corrected chi connectivity index (χ4v) is 2.25. The molecule has 3 aromatic rings. The number of carbonyl (C=O) groups is 1. The lowest BCUT2D eigenvalue weighted by atomic mass is 10.2. The van der Waals surface area contributed by atoms with Crippen molar-refractivity contribution < 1.29 is 4.79 Å². The van der Waals surface area contributed by atoms with Gasteiger partial charge < -0.3 is 4.57 Å². The molecule has 0 bridgehead atoms. The second-order valence-corrected chi connectivity index (χ2v) is 4.14. The second kappa shape index (κ2) is 3.82. The number of nitrogens with one attached hydrogen (secondary N) is 1. The second-order valence-electron chi connectivity index (χ2n) is 4.14. The Morgan fingerprint density at radius 2 is 2.06 bits per heavy atom. The number of benzene rings is 1. The highest BCUT2D eigenvalue weighted by Crippen LogP contribution is 2.27. The van der Waals surface area contributed by atoms with E-state index in [-0.39, 0.29) is 5.91 Å². The number of aryl methyl sites for hydroxylation is 1. The van der Waals surface area contributed by atoms with E-state index in [1.165, 1.54) is 0 Å². The number of fused-ring (bicyclic) bond motifs is 3. The first-order chi connectivity index (χ1) is 8.72. The van der Waals surface area contributed by atoms with E-state index in [0.29, 0.717) is 5.69 Å². The number of hydrazine groups is 1. The lowest BCUT2D eigenvalue weighted by Gasteiger charge is -2.00. The van der Waals surface area contributed by atoms with Gasteiger partial charge in [-0.05, 0) is 12.1 Å². The minimum atomic E-state index is -0.387. The van der Waals surface area contributed by atoms with Crippen molar-refractivity contribution in [3.63, 3.8) is 0 Å². The van der Waals surface area contributed by atoms with Crippen LogP contribution in [0.25, 0.3) is 21.8 Å². The highest BCUT2D eigenvalue weighted by Gasteiger charge is 2.11. The first-order valence-corrected chi connectivity index (χ1v) is 5.56. The van der Waals surface area contributed by atoms with Crippen LogP contribution in [0.5, 0.6) is 0 Å². The molecule has 1 amide bonds. The summed E-state index contributed by atoms with van der Waals surface area (Å²) in [5, 5.41) is 2.16. The molecule has 0 radical (unpaired) electrons. The van der Waals surface area contributed by atoms with Gasteiger partial charge in [0, 0.05) is 29.5 Å². The van der Waals surface area contributed by atoms with Crippen molar-refractivity contribution in [2.45, 2.75) is 0 Å². The number of carbonyl (C=O) groups excluding carboxylic acids is 1. The molecule has 2 heterocycles. The molecule has 0 aliphatic rings. The SMILES string of the molecule is Cn1c2ccccc2c2cnc(C(=O)NN)cc21. The van der Waals surface area contributed by atoms with Crippen LogP contribution in [0.4, 0.5) is 0 Å². The van der Waals surface area contributed by atoms with Gasteiger partial charge in [-0.15, -0.1) is 0 Å². The Bertz CT molecular complexity index is 760. The van der Waals surface area contributed by atoms with Gasteiger partial charge >= 0.3 is 0 Å². The maximum absolute atomic E-state index is 11.5. The number of pyridine rings is 1. The maximum atomic E-state index is 11.5. The van der Waals surface area contributed by atoms with Crippen LogP contribution in [0.15, 0.2) is 36.5 Å². The molecule has 0 aliphatic heterocycles. The van der Waals surface area contributed by atoms with E-state index in [9.17, 15) is 4.79 Å². The summed E-state index contributed by atoms with van der Waals surface area (Å²) in [4.78, 5) is 15.6. The van der Waals surface area contributed by atoms with Gasteiger partial charge in [-0.3, -0.25) is 15.2 Å². The van der Waals surface area contributed by atoms with Crippen molar-refractivity contribution >= 4 is 27.7 Å². The van der Waals surface area contributed by atoms with Gasteiger partial charge in [0.15, 0.2) is 0 Å². The fraction of sp³-hybridized carbons (Fsp3) is 0.0769. The number of amides is 1. The number of rotatable bonds is 1. The zero-order chi connectivity index (χ0) is 12.7. The zero-order valence-electron chi connectivity index (χ0n) is 9.84. The Hall–Kier alpha value is -2.40. The molecule has 3 N–H and O–H groups in total. The van der Waals surface area contributed by atoms with Crippen molar-refractivity contribution in [1.29, 1.82) is 0 Å². The number of aromatic nitrogens is 2. The van der Waals surface area contributed by atoms with Crippen LogP contribution < -0.4 is 11.3 Å². The van der Waals surface area contributed by atoms with E-state index >= 15 is 0 Å². The third-order valence-corrected chi connectivity index (χ3v) is 3.16. The summed E-state index contributed by atoms with van der Waals surface area (Å²) in [6.45, 7) is 0. The maximum Gasteiger partial charge on any atom is 0.283 e. The van der Waals surface area contributed by atoms with E-state index in [1.54, 1.807) is 12.3 Å². The van der Waals surface area contributed by atoms with E-state index in [2.05, 4.69) is 10.4 Å². The van der Waals surface area contributed by atoms with Crippen molar-refractivity contribution in [2.75, 3.05) is 0 Å². The predicted molar refractivity (Wildman–Crippen MR) is 69.9 cm³/mol. The number of hydrogen-bond acceptors (Lipinski definition) is 3. The quantitative estimate of drug-likeness (QED) is 0.383. The molecule has 5 heteroatoms. The minimum absolute atomic E-state index is 0.316. The summed E-state index contributed by atoms with van der Waals surface area (Å²) in [7, 11) is 1.97. The van der Waals surface area contributed by atoms with E-state index in [0.717, 1.165) is 21.8 Å². The molecule has 1 aromatic carbocycles. The average Bonchev–Trinajstić information content (AvgIpc) is 2.72. The van der Waals surface area contributed by atoms with Crippen LogP contribution >= 0.6 is 0 Å². The Morgan fingerprint density at radius 3 is 2.83 bits per heavy atom. The molecule has 0 saturated heterocycles. The van der Waals surface area contributed by atoms with Gasteiger partial charge in [0.05, 0.1) is 5.52 Å². The van der Waals surface area contributed by atoms with Crippen LogP contribution in [-0.4, -0.2) is 15.5 Å². The standard InChI is InChI=1S/C13H12N4O/c1-17-11-5-3-2-4-8(11)9-7-15-10(6-12(9)17)13(18)16-14/h2-7H,14H2,1H3,(H,16,18). The minimum Gasteiger partial charge on any atom is -0.343 e. The topological polar surface area (TPSA) is 72.9 Å². The summed E-state index contributed by atoms with van der Waals surface area (Å²) in [6.07, 6.45) is 1.71.